The van der Waals surface area contributed by atoms with Crippen LogP contribution < -0.4 is 4.74 Å². The summed E-state index contributed by atoms with van der Waals surface area (Å²) in [6.07, 6.45) is 7.33. The minimum atomic E-state index is 0.255. The van der Waals surface area contributed by atoms with Crippen molar-refractivity contribution in [2.75, 3.05) is 13.2 Å². The smallest absolute Gasteiger partial charge is 0.120 e. The minimum Gasteiger partial charge on any atom is -0.489 e. The number of aromatic nitrogens is 1. The fourth-order valence-corrected chi connectivity index (χ4v) is 4.99. The van der Waals surface area contributed by atoms with Crippen molar-refractivity contribution in [3.63, 3.8) is 0 Å². The highest BCUT2D eigenvalue weighted by Gasteiger charge is 2.26. The van der Waals surface area contributed by atoms with Crippen LogP contribution >= 0.6 is 0 Å². The molecular weight excluding hydrogens is 396 g/mol. The van der Waals surface area contributed by atoms with E-state index < -0.39 is 0 Å². The highest BCUT2D eigenvalue weighted by Crippen LogP contribution is 2.35. The quantitative estimate of drug-likeness (QED) is 0.471. The number of benzene rings is 2. The SMILES string of the molecule is CC(C)c1ccc(COc2ccc3c(c2)c(CN2CCC[C@H]2CO)cn3CC2CC2)cc1. The fourth-order valence-electron chi connectivity index (χ4n) is 4.99. The van der Waals surface area contributed by atoms with Gasteiger partial charge in [-0.25, -0.2) is 0 Å². The monoisotopic (exact) mass is 432 g/mol. The van der Waals surface area contributed by atoms with Gasteiger partial charge in [0, 0.05) is 36.2 Å². The Morgan fingerprint density at radius 2 is 1.88 bits per heavy atom. The number of aliphatic hydroxyl groups is 1. The lowest BCUT2D eigenvalue weighted by Crippen LogP contribution is -2.31. The van der Waals surface area contributed by atoms with Crippen molar-refractivity contribution in [3.05, 3.63) is 65.4 Å². The zero-order chi connectivity index (χ0) is 22.1. The molecule has 2 aliphatic rings. The molecule has 1 aliphatic heterocycles. The van der Waals surface area contributed by atoms with Crippen LogP contribution in [0, 0.1) is 5.92 Å². The molecule has 2 fully saturated rings. The number of fused-ring (bicyclic) bond motifs is 1. The standard InChI is InChI=1S/C28H36N2O2/c1-20(2)23-9-7-22(8-10-23)19-32-26-11-12-28-27(14-26)24(17-30(28)15-21-5-6-21)16-29-13-3-4-25(29)18-31/h7-12,14,17,20-21,25,31H,3-6,13,15-16,18-19H2,1-2H3/t25-/m0/s1. The van der Waals surface area contributed by atoms with Gasteiger partial charge in [0.05, 0.1) is 6.61 Å². The maximum atomic E-state index is 9.76. The van der Waals surface area contributed by atoms with Gasteiger partial charge in [0.2, 0.25) is 0 Å². The zero-order valence-corrected chi connectivity index (χ0v) is 19.5. The number of nitrogens with zero attached hydrogens (tertiary/aromatic N) is 2. The van der Waals surface area contributed by atoms with Crippen LogP contribution in [-0.4, -0.2) is 33.8 Å². The Balaban J connectivity index is 1.37. The van der Waals surface area contributed by atoms with E-state index in [4.69, 9.17) is 4.74 Å². The normalized spacial score (nSPS) is 19.3. The molecule has 1 saturated carbocycles. The summed E-state index contributed by atoms with van der Waals surface area (Å²) in [5, 5.41) is 11.1. The molecule has 0 bridgehead atoms. The molecule has 1 aliphatic carbocycles. The number of hydrogen-bond donors (Lipinski definition) is 1. The summed E-state index contributed by atoms with van der Waals surface area (Å²) in [6, 6.07) is 15.6. The van der Waals surface area contributed by atoms with Gasteiger partial charge in [-0.05, 0) is 79.0 Å². The Hall–Kier alpha value is -2.30. The van der Waals surface area contributed by atoms with E-state index in [9.17, 15) is 5.11 Å². The van der Waals surface area contributed by atoms with Crippen LogP contribution in [0.5, 0.6) is 5.75 Å². The molecule has 4 nitrogen and oxygen atoms in total. The Kier molecular flexibility index (Phi) is 6.25. The first kappa shape index (κ1) is 21.5. The number of aliphatic hydroxyl groups excluding tert-OH is 1. The maximum absolute atomic E-state index is 9.76. The van der Waals surface area contributed by atoms with Gasteiger partial charge in [-0.2, -0.15) is 0 Å². The highest BCUT2D eigenvalue weighted by molar-refractivity contribution is 5.85. The highest BCUT2D eigenvalue weighted by atomic mass is 16.5. The van der Waals surface area contributed by atoms with Gasteiger partial charge in [0.25, 0.3) is 0 Å². The largest absolute Gasteiger partial charge is 0.489 e. The van der Waals surface area contributed by atoms with Gasteiger partial charge >= 0.3 is 0 Å². The van der Waals surface area contributed by atoms with Gasteiger partial charge in [-0.15, -0.1) is 0 Å². The van der Waals surface area contributed by atoms with Gasteiger partial charge < -0.3 is 14.4 Å². The summed E-state index contributed by atoms with van der Waals surface area (Å²) in [7, 11) is 0. The third-order valence-electron chi connectivity index (χ3n) is 7.22. The topological polar surface area (TPSA) is 37.6 Å². The van der Waals surface area contributed by atoms with E-state index >= 15 is 0 Å². The molecule has 0 unspecified atom stereocenters. The first-order chi connectivity index (χ1) is 15.6. The second-order valence-electron chi connectivity index (χ2n) is 10.1. The number of ether oxygens (including phenoxy) is 1. The van der Waals surface area contributed by atoms with Crippen molar-refractivity contribution in [1.82, 2.24) is 9.47 Å². The fraction of sp³-hybridized carbons (Fsp3) is 0.500. The molecule has 5 rings (SSSR count). The van der Waals surface area contributed by atoms with Gasteiger partial charge in [0.15, 0.2) is 0 Å². The van der Waals surface area contributed by atoms with Crippen molar-refractivity contribution >= 4 is 10.9 Å². The lowest BCUT2D eigenvalue weighted by molar-refractivity contribution is 0.154. The van der Waals surface area contributed by atoms with E-state index in [1.165, 1.54) is 46.9 Å². The summed E-state index contributed by atoms with van der Waals surface area (Å²) in [6.45, 7) is 8.37. The van der Waals surface area contributed by atoms with E-state index in [0.29, 0.717) is 18.6 Å². The molecule has 32 heavy (non-hydrogen) atoms. The Morgan fingerprint density at radius 1 is 1.06 bits per heavy atom. The van der Waals surface area contributed by atoms with Crippen LogP contribution in [0.4, 0.5) is 0 Å². The molecule has 3 aromatic rings. The van der Waals surface area contributed by atoms with Crippen molar-refractivity contribution in [3.8, 4) is 5.75 Å². The van der Waals surface area contributed by atoms with Crippen molar-refractivity contribution < 1.29 is 9.84 Å². The van der Waals surface area contributed by atoms with Crippen LogP contribution in [0.3, 0.4) is 0 Å². The van der Waals surface area contributed by atoms with E-state index in [1.807, 2.05) is 0 Å². The van der Waals surface area contributed by atoms with Crippen LogP contribution in [-0.2, 0) is 19.7 Å². The Bertz CT molecular complexity index is 1050. The first-order valence-corrected chi connectivity index (χ1v) is 12.3. The molecule has 1 saturated heterocycles. The zero-order valence-electron chi connectivity index (χ0n) is 19.5. The molecule has 170 valence electrons. The molecule has 2 aromatic carbocycles. The Morgan fingerprint density at radius 3 is 2.59 bits per heavy atom. The number of hydrogen-bond acceptors (Lipinski definition) is 3. The van der Waals surface area contributed by atoms with E-state index in [0.717, 1.165) is 37.7 Å². The number of rotatable bonds is 9. The predicted molar refractivity (Wildman–Crippen MR) is 130 cm³/mol. The Labute approximate surface area is 191 Å². The number of likely N-dealkylation sites (tertiary alicyclic amines) is 1. The third kappa shape index (κ3) is 4.72. The van der Waals surface area contributed by atoms with Crippen molar-refractivity contribution in [2.45, 2.75) is 71.2 Å². The second kappa shape index (κ2) is 9.29. The third-order valence-corrected chi connectivity index (χ3v) is 7.22. The lowest BCUT2D eigenvalue weighted by atomic mass is 10.0. The van der Waals surface area contributed by atoms with Crippen LogP contribution in [0.15, 0.2) is 48.7 Å². The second-order valence-corrected chi connectivity index (χ2v) is 10.1. The summed E-state index contributed by atoms with van der Waals surface area (Å²) in [5.41, 5.74) is 5.22. The van der Waals surface area contributed by atoms with E-state index in [2.05, 4.69) is 72.0 Å². The molecular formula is C28H36N2O2. The molecule has 0 amide bonds. The summed E-state index contributed by atoms with van der Waals surface area (Å²) in [4.78, 5) is 2.44. The molecule has 2 heterocycles. The van der Waals surface area contributed by atoms with Crippen molar-refractivity contribution in [1.29, 1.82) is 0 Å². The van der Waals surface area contributed by atoms with Crippen LogP contribution in [0.1, 0.15) is 62.1 Å². The minimum absolute atomic E-state index is 0.255. The molecule has 1 atom stereocenters. The molecule has 0 radical (unpaired) electrons. The van der Waals surface area contributed by atoms with Gasteiger partial charge in [-0.1, -0.05) is 38.1 Å². The summed E-state index contributed by atoms with van der Waals surface area (Å²) < 4.78 is 8.65. The molecule has 1 N–H and O–H groups in total. The maximum Gasteiger partial charge on any atom is 0.120 e. The average molecular weight is 433 g/mol. The molecule has 1 aromatic heterocycles. The molecule has 0 spiro atoms. The van der Waals surface area contributed by atoms with E-state index in [1.54, 1.807) is 0 Å². The van der Waals surface area contributed by atoms with Gasteiger partial charge in [-0.3, -0.25) is 4.90 Å². The van der Waals surface area contributed by atoms with Gasteiger partial charge in [0.1, 0.15) is 12.4 Å². The van der Waals surface area contributed by atoms with E-state index in [-0.39, 0.29) is 6.61 Å². The lowest BCUT2D eigenvalue weighted by Gasteiger charge is -2.22. The van der Waals surface area contributed by atoms with Crippen molar-refractivity contribution in [2.24, 2.45) is 5.92 Å². The van der Waals surface area contributed by atoms with Crippen LogP contribution in [0.25, 0.3) is 10.9 Å². The average Bonchev–Trinajstić information content (AvgIpc) is 3.41. The molecule has 4 heteroatoms. The first-order valence-electron chi connectivity index (χ1n) is 12.3. The summed E-state index contributed by atoms with van der Waals surface area (Å²) in [5.74, 6) is 2.31. The van der Waals surface area contributed by atoms with Crippen LogP contribution in [0.2, 0.25) is 0 Å². The predicted octanol–water partition coefficient (Wildman–Crippen LogP) is 5.71. The summed E-state index contributed by atoms with van der Waals surface area (Å²) >= 11 is 0.